The summed E-state index contributed by atoms with van der Waals surface area (Å²) in [6, 6.07) is 0. The van der Waals surface area contributed by atoms with E-state index >= 15 is 0 Å². The van der Waals surface area contributed by atoms with E-state index in [2.05, 4.69) is 0 Å². The van der Waals surface area contributed by atoms with Gasteiger partial charge in [0.2, 0.25) is 0 Å². The molecular weight excluding hydrogens is 180 g/mol. The molecule has 3 heterocycles. The van der Waals surface area contributed by atoms with Crippen LogP contribution in [-0.2, 0) is 14.2 Å². The van der Waals surface area contributed by atoms with Gasteiger partial charge in [-0.3, -0.25) is 0 Å². The predicted molar refractivity (Wildman–Crippen MR) is 51.2 cm³/mol. The summed E-state index contributed by atoms with van der Waals surface area (Å²) >= 11 is 0. The monoisotopic (exact) mass is 198 g/mol. The number of fused-ring (bicyclic) bond motifs is 2. The fourth-order valence-corrected chi connectivity index (χ4v) is 2.83. The highest BCUT2D eigenvalue weighted by Gasteiger charge is 2.41. The molecule has 3 fully saturated rings. The molecule has 0 saturated carbocycles. The third-order valence-corrected chi connectivity index (χ3v) is 3.57. The SMILES string of the molecule is C1CO[C@H]2C[C@@H]3OCCC[C@H]3O[C@H]2C1. The molecule has 0 aromatic rings. The molecule has 3 aliphatic rings. The second kappa shape index (κ2) is 3.80. The molecule has 0 spiro atoms. The summed E-state index contributed by atoms with van der Waals surface area (Å²) in [5.74, 6) is 0. The zero-order chi connectivity index (χ0) is 9.38. The van der Waals surface area contributed by atoms with Gasteiger partial charge in [0.1, 0.15) is 0 Å². The van der Waals surface area contributed by atoms with Crippen LogP contribution in [0.25, 0.3) is 0 Å². The fourth-order valence-electron chi connectivity index (χ4n) is 2.83. The van der Waals surface area contributed by atoms with E-state index in [0.717, 1.165) is 32.5 Å². The van der Waals surface area contributed by atoms with Crippen LogP contribution in [0.5, 0.6) is 0 Å². The molecule has 0 aromatic heterocycles. The average Bonchev–Trinajstić information content (AvgIpc) is 2.26. The van der Waals surface area contributed by atoms with Crippen molar-refractivity contribution < 1.29 is 14.2 Å². The second-order valence-electron chi connectivity index (χ2n) is 4.55. The minimum atomic E-state index is 0.308. The van der Waals surface area contributed by atoms with Crippen molar-refractivity contribution >= 4 is 0 Å². The van der Waals surface area contributed by atoms with E-state index in [-0.39, 0.29) is 0 Å². The van der Waals surface area contributed by atoms with Crippen LogP contribution in [0.1, 0.15) is 32.1 Å². The van der Waals surface area contributed by atoms with Crippen LogP contribution in [0, 0.1) is 0 Å². The largest absolute Gasteiger partial charge is 0.375 e. The lowest BCUT2D eigenvalue weighted by Gasteiger charge is -2.45. The lowest BCUT2D eigenvalue weighted by Crippen LogP contribution is -2.52. The highest BCUT2D eigenvalue weighted by molar-refractivity contribution is 4.89. The minimum absolute atomic E-state index is 0.308. The highest BCUT2D eigenvalue weighted by Crippen LogP contribution is 2.33. The van der Waals surface area contributed by atoms with Crippen molar-refractivity contribution in [2.75, 3.05) is 13.2 Å². The highest BCUT2D eigenvalue weighted by atomic mass is 16.6. The molecule has 3 nitrogen and oxygen atoms in total. The number of ether oxygens (including phenoxy) is 3. The third-order valence-electron chi connectivity index (χ3n) is 3.57. The maximum atomic E-state index is 6.04. The zero-order valence-corrected chi connectivity index (χ0v) is 8.48. The maximum Gasteiger partial charge on any atom is 0.0862 e. The summed E-state index contributed by atoms with van der Waals surface area (Å²) in [7, 11) is 0. The number of rotatable bonds is 0. The van der Waals surface area contributed by atoms with Gasteiger partial charge in [-0.05, 0) is 25.7 Å². The quantitative estimate of drug-likeness (QED) is 0.590. The minimum Gasteiger partial charge on any atom is -0.375 e. The van der Waals surface area contributed by atoms with Crippen LogP contribution < -0.4 is 0 Å². The molecule has 0 aromatic carbocycles. The van der Waals surface area contributed by atoms with Gasteiger partial charge in [-0.15, -0.1) is 0 Å². The first-order chi connectivity index (χ1) is 6.93. The predicted octanol–water partition coefficient (Wildman–Crippen LogP) is 1.50. The molecule has 4 atom stereocenters. The van der Waals surface area contributed by atoms with Crippen LogP contribution in [0.2, 0.25) is 0 Å². The Labute approximate surface area is 84.7 Å². The summed E-state index contributed by atoms with van der Waals surface area (Å²) in [6.45, 7) is 1.81. The Morgan fingerprint density at radius 2 is 1.29 bits per heavy atom. The Morgan fingerprint density at radius 3 is 1.86 bits per heavy atom. The smallest absolute Gasteiger partial charge is 0.0862 e. The van der Waals surface area contributed by atoms with E-state index in [4.69, 9.17) is 14.2 Å². The molecule has 3 saturated heterocycles. The standard InChI is InChI=1S/C11H18O3/c1-3-8-10(12-5-1)7-11-9(14-8)4-2-6-13-11/h8-11H,1-7H2/t8-,9+,10-,11-/m0/s1. The van der Waals surface area contributed by atoms with Crippen LogP contribution in [0.15, 0.2) is 0 Å². The van der Waals surface area contributed by atoms with Gasteiger partial charge in [-0.25, -0.2) is 0 Å². The molecule has 0 N–H and O–H groups in total. The lowest BCUT2D eigenvalue weighted by atomic mass is 9.91. The number of hydrogen-bond acceptors (Lipinski definition) is 3. The Balaban J connectivity index is 1.68. The van der Waals surface area contributed by atoms with Crippen molar-refractivity contribution in [3.05, 3.63) is 0 Å². The van der Waals surface area contributed by atoms with Crippen molar-refractivity contribution in [3.63, 3.8) is 0 Å². The van der Waals surface area contributed by atoms with Gasteiger partial charge in [0.15, 0.2) is 0 Å². The Hall–Kier alpha value is -0.120. The van der Waals surface area contributed by atoms with Gasteiger partial charge in [-0.1, -0.05) is 0 Å². The summed E-state index contributed by atoms with van der Waals surface area (Å²) in [6.07, 6.45) is 7.03. The van der Waals surface area contributed by atoms with Gasteiger partial charge >= 0.3 is 0 Å². The van der Waals surface area contributed by atoms with Gasteiger partial charge in [0, 0.05) is 19.6 Å². The summed E-state index contributed by atoms with van der Waals surface area (Å²) in [4.78, 5) is 0. The van der Waals surface area contributed by atoms with E-state index in [1.807, 2.05) is 0 Å². The first-order valence-electron chi connectivity index (χ1n) is 5.82. The van der Waals surface area contributed by atoms with Crippen molar-refractivity contribution in [1.29, 1.82) is 0 Å². The molecule has 14 heavy (non-hydrogen) atoms. The van der Waals surface area contributed by atoms with E-state index in [1.165, 1.54) is 12.8 Å². The molecule has 0 bridgehead atoms. The average molecular weight is 198 g/mol. The van der Waals surface area contributed by atoms with Crippen molar-refractivity contribution in [1.82, 2.24) is 0 Å². The summed E-state index contributed by atoms with van der Waals surface area (Å²) in [5, 5.41) is 0. The van der Waals surface area contributed by atoms with Gasteiger partial charge < -0.3 is 14.2 Å². The molecule has 0 radical (unpaired) electrons. The first-order valence-corrected chi connectivity index (χ1v) is 5.82. The maximum absolute atomic E-state index is 6.04. The Bertz CT molecular complexity index is 165. The van der Waals surface area contributed by atoms with Gasteiger partial charge in [0.05, 0.1) is 24.4 Å². The van der Waals surface area contributed by atoms with Gasteiger partial charge in [0.25, 0.3) is 0 Å². The Morgan fingerprint density at radius 1 is 0.714 bits per heavy atom. The molecule has 0 aliphatic carbocycles. The Kier molecular flexibility index (Phi) is 2.48. The zero-order valence-electron chi connectivity index (χ0n) is 8.48. The van der Waals surface area contributed by atoms with E-state index < -0.39 is 0 Å². The van der Waals surface area contributed by atoms with Crippen molar-refractivity contribution in [3.8, 4) is 0 Å². The topological polar surface area (TPSA) is 27.7 Å². The normalized spacial score (nSPS) is 48.0. The molecule has 3 heteroatoms. The first kappa shape index (κ1) is 9.13. The van der Waals surface area contributed by atoms with Crippen molar-refractivity contribution in [2.24, 2.45) is 0 Å². The number of hydrogen-bond donors (Lipinski definition) is 0. The van der Waals surface area contributed by atoms with E-state index in [1.54, 1.807) is 0 Å². The summed E-state index contributed by atoms with van der Waals surface area (Å²) in [5.41, 5.74) is 0. The van der Waals surface area contributed by atoms with E-state index in [9.17, 15) is 0 Å². The molecule has 0 amide bonds. The third kappa shape index (κ3) is 1.58. The molecule has 0 unspecified atom stereocenters. The van der Waals surface area contributed by atoms with Crippen molar-refractivity contribution in [2.45, 2.75) is 56.5 Å². The van der Waals surface area contributed by atoms with E-state index in [0.29, 0.717) is 24.4 Å². The van der Waals surface area contributed by atoms with Gasteiger partial charge in [-0.2, -0.15) is 0 Å². The molecule has 3 rings (SSSR count). The fraction of sp³-hybridized carbons (Fsp3) is 1.00. The molecular formula is C11H18O3. The van der Waals surface area contributed by atoms with Crippen LogP contribution in [-0.4, -0.2) is 37.6 Å². The second-order valence-corrected chi connectivity index (χ2v) is 4.55. The van der Waals surface area contributed by atoms with Crippen LogP contribution in [0.4, 0.5) is 0 Å². The van der Waals surface area contributed by atoms with Crippen LogP contribution >= 0.6 is 0 Å². The lowest BCUT2D eigenvalue weighted by molar-refractivity contribution is -0.226. The molecule has 80 valence electrons. The van der Waals surface area contributed by atoms with Crippen LogP contribution in [0.3, 0.4) is 0 Å². The summed E-state index contributed by atoms with van der Waals surface area (Å²) < 4.78 is 17.5. The molecule has 3 aliphatic heterocycles.